The van der Waals surface area contributed by atoms with Gasteiger partial charge < -0.3 is 10.2 Å². The zero-order chi connectivity index (χ0) is 22.8. The van der Waals surface area contributed by atoms with Crippen molar-refractivity contribution in [3.8, 4) is 0 Å². The van der Waals surface area contributed by atoms with Crippen LogP contribution in [0.3, 0.4) is 0 Å². The number of amides is 1. The molecule has 3 heterocycles. The molecule has 0 saturated carbocycles. The zero-order valence-electron chi connectivity index (χ0n) is 18.1. The number of aromatic nitrogens is 1. The third-order valence-electron chi connectivity index (χ3n) is 6.03. The number of pyridine rings is 1. The summed E-state index contributed by atoms with van der Waals surface area (Å²) in [6, 6.07) is 17.8. The molecule has 170 valence electrons. The van der Waals surface area contributed by atoms with Crippen LogP contribution >= 0.6 is 34.5 Å². The van der Waals surface area contributed by atoms with Crippen molar-refractivity contribution in [2.24, 2.45) is 0 Å². The van der Waals surface area contributed by atoms with E-state index in [1.165, 1.54) is 17.0 Å². The van der Waals surface area contributed by atoms with Crippen LogP contribution in [0.4, 0.5) is 5.69 Å². The summed E-state index contributed by atoms with van der Waals surface area (Å²) >= 11 is 14.0. The highest BCUT2D eigenvalue weighted by Gasteiger charge is 2.18. The molecule has 0 unspecified atom stereocenters. The highest BCUT2D eigenvalue weighted by Crippen LogP contribution is 2.35. The summed E-state index contributed by atoms with van der Waals surface area (Å²) in [7, 11) is 0. The molecule has 1 aliphatic rings. The van der Waals surface area contributed by atoms with Crippen LogP contribution in [0, 0.1) is 0 Å². The second kappa shape index (κ2) is 9.85. The number of halogens is 2. The molecule has 1 fully saturated rings. The number of thiophene rings is 1. The Kier molecular flexibility index (Phi) is 6.69. The number of para-hydroxylation sites is 1. The van der Waals surface area contributed by atoms with Gasteiger partial charge in [-0.25, -0.2) is 4.98 Å². The van der Waals surface area contributed by atoms with E-state index >= 15 is 0 Å². The molecular weight excluding hydrogens is 475 g/mol. The molecule has 0 aliphatic carbocycles. The molecule has 1 aliphatic heterocycles. The van der Waals surface area contributed by atoms with Crippen molar-refractivity contribution >= 4 is 67.1 Å². The van der Waals surface area contributed by atoms with Gasteiger partial charge in [0.05, 0.1) is 10.4 Å². The van der Waals surface area contributed by atoms with E-state index in [1.807, 2.05) is 48.5 Å². The Morgan fingerprint density at radius 2 is 1.82 bits per heavy atom. The third-order valence-corrected chi connectivity index (χ3v) is 7.72. The van der Waals surface area contributed by atoms with E-state index in [0.717, 1.165) is 65.2 Å². The topological polar surface area (TPSA) is 48.5 Å². The number of fused-ring (bicyclic) bond motifs is 3. The lowest BCUT2D eigenvalue weighted by molar-refractivity contribution is 0.0955. The van der Waals surface area contributed by atoms with Crippen LogP contribution in [0.5, 0.6) is 0 Å². The number of carbonyl (C=O) groups excluding carboxylic acids is 1. The SMILES string of the molecule is O=C(NCCCN1CCN(c2cccc(Cl)c2)CC1)c1cc2c(Cl)nc3ccccc3c2s1. The Bertz CT molecular complexity index is 1300. The van der Waals surface area contributed by atoms with Gasteiger partial charge in [0.25, 0.3) is 5.91 Å². The number of carbonyl (C=O) groups is 1. The fraction of sp³-hybridized carbons (Fsp3) is 0.280. The van der Waals surface area contributed by atoms with Gasteiger partial charge in [0.2, 0.25) is 0 Å². The Hall–Kier alpha value is -2.38. The number of hydrogen-bond donors (Lipinski definition) is 1. The summed E-state index contributed by atoms with van der Waals surface area (Å²) in [6.07, 6.45) is 0.916. The zero-order valence-corrected chi connectivity index (χ0v) is 20.4. The molecule has 8 heteroatoms. The predicted molar refractivity (Wildman–Crippen MR) is 139 cm³/mol. The minimum absolute atomic E-state index is 0.0536. The van der Waals surface area contributed by atoms with Gasteiger partial charge in [-0.15, -0.1) is 11.3 Å². The Labute approximate surface area is 206 Å². The largest absolute Gasteiger partial charge is 0.369 e. The van der Waals surface area contributed by atoms with Crippen molar-refractivity contribution in [1.29, 1.82) is 0 Å². The molecule has 0 atom stereocenters. The van der Waals surface area contributed by atoms with E-state index in [2.05, 4.69) is 26.2 Å². The van der Waals surface area contributed by atoms with E-state index in [1.54, 1.807) is 0 Å². The Morgan fingerprint density at radius 1 is 1.00 bits per heavy atom. The maximum absolute atomic E-state index is 12.7. The van der Waals surface area contributed by atoms with E-state index < -0.39 is 0 Å². The number of anilines is 1. The van der Waals surface area contributed by atoms with Crippen LogP contribution in [0.2, 0.25) is 10.2 Å². The average molecular weight is 499 g/mol. The molecular formula is C25H24Cl2N4OS. The quantitative estimate of drug-likeness (QED) is 0.273. The monoisotopic (exact) mass is 498 g/mol. The van der Waals surface area contributed by atoms with Gasteiger partial charge in [-0.2, -0.15) is 0 Å². The van der Waals surface area contributed by atoms with Crippen LogP contribution in [-0.2, 0) is 0 Å². The van der Waals surface area contributed by atoms with E-state index in [4.69, 9.17) is 23.2 Å². The molecule has 0 radical (unpaired) electrons. The summed E-state index contributed by atoms with van der Waals surface area (Å²) in [4.78, 5) is 22.7. The maximum atomic E-state index is 12.7. The van der Waals surface area contributed by atoms with Gasteiger partial charge in [0, 0.05) is 58.9 Å². The fourth-order valence-corrected chi connectivity index (χ4v) is 5.87. The van der Waals surface area contributed by atoms with E-state index in [0.29, 0.717) is 16.6 Å². The smallest absolute Gasteiger partial charge is 0.261 e. The number of nitrogens with zero attached hydrogens (tertiary/aromatic N) is 3. The van der Waals surface area contributed by atoms with E-state index in [9.17, 15) is 4.79 Å². The van der Waals surface area contributed by atoms with Crippen molar-refractivity contribution in [3.63, 3.8) is 0 Å². The molecule has 2 aromatic carbocycles. The lowest BCUT2D eigenvalue weighted by Crippen LogP contribution is -2.47. The van der Waals surface area contributed by atoms with Crippen molar-refractivity contribution in [2.45, 2.75) is 6.42 Å². The summed E-state index contributed by atoms with van der Waals surface area (Å²) in [5, 5.41) is 6.14. The van der Waals surface area contributed by atoms with Crippen LogP contribution in [0.15, 0.2) is 54.6 Å². The second-order valence-corrected chi connectivity index (χ2v) is 10.0. The van der Waals surface area contributed by atoms with Gasteiger partial charge >= 0.3 is 0 Å². The molecule has 5 nitrogen and oxygen atoms in total. The van der Waals surface area contributed by atoms with Crippen LogP contribution in [0.25, 0.3) is 21.0 Å². The first kappa shape index (κ1) is 22.4. The molecule has 1 N–H and O–H groups in total. The molecule has 33 heavy (non-hydrogen) atoms. The highest BCUT2D eigenvalue weighted by molar-refractivity contribution is 7.21. The van der Waals surface area contributed by atoms with Crippen molar-refractivity contribution in [3.05, 3.63) is 69.7 Å². The first-order valence-corrected chi connectivity index (χ1v) is 12.6. The lowest BCUT2D eigenvalue weighted by Gasteiger charge is -2.36. The first-order valence-electron chi connectivity index (χ1n) is 11.1. The van der Waals surface area contributed by atoms with Crippen molar-refractivity contribution in [2.75, 3.05) is 44.2 Å². The molecule has 2 aromatic heterocycles. The number of rotatable bonds is 6. The van der Waals surface area contributed by atoms with Gasteiger partial charge in [-0.05, 0) is 43.3 Å². The Morgan fingerprint density at radius 3 is 2.64 bits per heavy atom. The molecule has 0 spiro atoms. The van der Waals surface area contributed by atoms with Crippen molar-refractivity contribution in [1.82, 2.24) is 15.2 Å². The normalized spacial score (nSPS) is 14.8. The average Bonchev–Trinajstić information content (AvgIpc) is 3.29. The fourth-order valence-electron chi connectivity index (χ4n) is 4.28. The summed E-state index contributed by atoms with van der Waals surface area (Å²) in [6.45, 7) is 5.60. The number of benzene rings is 2. The van der Waals surface area contributed by atoms with Crippen LogP contribution in [0.1, 0.15) is 16.1 Å². The summed E-state index contributed by atoms with van der Waals surface area (Å²) in [5.41, 5.74) is 2.03. The van der Waals surface area contributed by atoms with Gasteiger partial charge in [0.15, 0.2) is 0 Å². The standard InChI is InChI=1S/C25H24Cl2N4OS/c26-17-5-3-6-18(15-17)31-13-11-30(12-14-31)10-4-9-28-25(32)22-16-20-23(33-22)19-7-1-2-8-21(19)29-24(20)27/h1-3,5-8,15-16H,4,9-14H2,(H,28,32). The number of piperazine rings is 1. The predicted octanol–water partition coefficient (Wildman–Crippen LogP) is 5.70. The first-order chi connectivity index (χ1) is 16.1. The third kappa shape index (κ3) is 4.94. The van der Waals surface area contributed by atoms with Gasteiger partial charge in [-0.3, -0.25) is 9.69 Å². The van der Waals surface area contributed by atoms with Crippen LogP contribution < -0.4 is 10.2 Å². The Balaban J connectivity index is 1.12. The highest BCUT2D eigenvalue weighted by atomic mass is 35.5. The summed E-state index contributed by atoms with van der Waals surface area (Å²) < 4.78 is 1.01. The van der Waals surface area contributed by atoms with Gasteiger partial charge in [-0.1, -0.05) is 47.5 Å². The molecule has 1 saturated heterocycles. The van der Waals surface area contributed by atoms with Crippen molar-refractivity contribution < 1.29 is 4.79 Å². The minimum atomic E-state index is -0.0536. The minimum Gasteiger partial charge on any atom is -0.369 e. The number of hydrogen-bond acceptors (Lipinski definition) is 5. The maximum Gasteiger partial charge on any atom is 0.261 e. The van der Waals surface area contributed by atoms with E-state index in [-0.39, 0.29) is 5.91 Å². The van der Waals surface area contributed by atoms with Gasteiger partial charge in [0.1, 0.15) is 5.15 Å². The number of nitrogens with one attached hydrogen (secondary N) is 1. The second-order valence-electron chi connectivity index (χ2n) is 8.19. The lowest BCUT2D eigenvalue weighted by atomic mass is 10.2. The summed E-state index contributed by atoms with van der Waals surface area (Å²) in [5.74, 6) is -0.0536. The molecule has 0 bridgehead atoms. The molecule has 1 amide bonds. The van der Waals surface area contributed by atoms with Crippen LogP contribution in [-0.4, -0.2) is 55.1 Å². The molecule has 5 rings (SSSR count). The molecule has 4 aromatic rings.